The fourth-order valence-corrected chi connectivity index (χ4v) is 7.57. The molecule has 0 aromatic heterocycles. The summed E-state index contributed by atoms with van der Waals surface area (Å²) in [6, 6.07) is 42.7. The summed E-state index contributed by atoms with van der Waals surface area (Å²) in [5.41, 5.74) is 2.38. The van der Waals surface area contributed by atoms with Crippen LogP contribution in [-0.2, 0) is 41.3 Å². The molecular formula is C53H50O14. The first-order valence-electron chi connectivity index (χ1n) is 21.6. The van der Waals surface area contributed by atoms with Crippen molar-refractivity contribution in [1.29, 1.82) is 0 Å². The van der Waals surface area contributed by atoms with Gasteiger partial charge in [0.15, 0.2) is 47.6 Å². The van der Waals surface area contributed by atoms with E-state index < -0.39 is 61.2 Å². The number of phenolic OH excluding ortho intramolecular Hbond substituents is 2. The number of hydrogen-bond acceptors (Lipinski definition) is 14. The van der Waals surface area contributed by atoms with Crippen LogP contribution in [0.3, 0.4) is 0 Å². The Hall–Kier alpha value is -7.68. The van der Waals surface area contributed by atoms with E-state index in [0.717, 1.165) is 11.1 Å². The second-order valence-corrected chi connectivity index (χ2v) is 15.7. The number of ether oxygens (including phenoxy) is 8. The van der Waals surface area contributed by atoms with Gasteiger partial charge in [-0.3, -0.25) is 0 Å². The maximum Gasteiger partial charge on any atom is 0.338 e. The minimum Gasteiger partial charge on any atom is -0.504 e. The average Bonchev–Trinajstić information content (AvgIpc) is 3.37. The van der Waals surface area contributed by atoms with Crippen LogP contribution in [0.25, 0.3) is 0 Å². The Balaban J connectivity index is 1.27. The topological polar surface area (TPSA) is 183 Å². The summed E-state index contributed by atoms with van der Waals surface area (Å²) in [5, 5.41) is 20.6. The summed E-state index contributed by atoms with van der Waals surface area (Å²) in [7, 11) is 2.92. The molecule has 1 fully saturated rings. The molecule has 6 atom stereocenters. The van der Waals surface area contributed by atoms with Crippen LogP contribution in [0.15, 0.2) is 158 Å². The van der Waals surface area contributed by atoms with Gasteiger partial charge >= 0.3 is 23.9 Å². The quantitative estimate of drug-likeness (QED) is 0.0586. The van der Waals surface area contributed by atoms with Gasteiger partial charge in [0.1, 0.15) is 12.7 Å². The molecule has 1 saturated heterocycles. The molecule has 14 heteroatoms. The van der Waals surface area contributed by atoms with Crippen LogP contribution in [0.4, 0.5) is 0 Å². The Kier molecular flexibility index (Phi) is 16.2. The summed E-state index contributed by atoms with van der Waals surface area (Å²) in [6.45, 7) is -0.564. The molecule has 14 nitrogen and oxygen atoms in total. The largest absolute Gasteiger partial charge is 0.504 e. The Morgan fingerprint density at radius 1 is 0.537 bits per heavy atom. The maximum atomic E-state index is 14.1. The predicted octanol–water partition coefficient (Wildman–Crippen LogP) is 8.18. The average molecular weight is 911 g/mol. The highest BCUT2D eigenvalue weighted by molar-refractivity contribution is 5.91. The third-order valence-electron chi connectivity index (χ3n) is 11.1. The molecule has 0 radical (unpaired) electrons. The second kappa shape index (κ2) is 23.0. The number of benzene rings is 6. The molecule has 1 aliphatic rings. The fourth-order valence-electron chi connectivity index (χ4n) is 7.57. The number of hydrogen-bond donors (Lipinski definition) is 2. The first-order chi connectivity index (χ1) is 32.6. The number of aryl methyl sites for hydroxylation is 1. The zero-order valence-corrected chi connectivity index (χ0v) is 36.8. The van der Waals surface area contributed by atoms with Crippen LogP contribution >= 0.6 is 0 Å². The standard InChI is InChI=1S/C53H50O14/c1-60-43-30-34(25-27-41(43)54)23-24-36(29-35-26-28-42(55)44(31-35)61-2)32-63-53-48(67-52(59)40-21-13-6-14-22-40)47(66-51(58)39-19-11-5-12-20-39)46(65-50(57)38-17-9-4-10-18-38)45(64-53)33-62-49(56)37-15-7-3-8-16-37/h3-22,25-28,30-31,36,45-48,53-55H,23-24,29,32-33H2,1-2H3/t36-,45-,46-,47+,48-,53-/m1/s1. The lowest BCUT2D eigenvalue weighted by atomic mass is 9.93. The molecule has 346 valence electrons. The molecule has 6 aromatic rings. The molecule has 1 heterocycles. The highest BCUT2D eigenvalue weighted by Gasteiger charge is 2.54. The molecule has 0 bridgehead atoms. The lowest BCUT2D eigenvalue weighted by molar-refractivity contribution is -0.300. The van der Waals surface area contributed by atoms with Crippen molar-refractivity contribution in [2.45, 2.75) is 50.0 Å². The Morgan fingerprint density at radius 3 is 1.46 bits per heavy atom. The molecule has 0 saturated carbocycles. The van der Waals surface area contributed by atoms with E-state index in [2.05, 4.69) is 0 Å². The Bertz CT molecular complexity index is 2570. The van der Waals surface area contributed by atoms with Gasteiger partial charge in [0.25, 0.3) is 0 Å². The number of carbonyl (C=O) groups is 4. The van der Waals surface area contributed by atoms with E-state index in [0.29, 0.717) is 25.0 Å². The summed E-state index contributed by atoms with van der Waals surface area (Å²) < 4.78 is 48.4. The van der Waals surface area contributed by atoms with Gasteiger partial charge in [0.2, 0.25) is 0 Å². The van der Waals surface area contributed by atoms with E-state index in [9.17, 15) is 29.4 Å². The van der Waals surface area contributed by atoms with Crippen molar-refractivity contribution >= 4 is 23.9 Å². The van der Waals surface area contributed by atoms with Crippen molar-refractivity contribution in [3.63, 3.8) is 0 Å². The van der Waals surface area contributed by atoms with Crippen molar-refractivity contribution in [2.24, 2.45) is 5.92 Å². The molecule has 2 N–H and O–H groups in total. The minimum atomic E-state index is -1.60. The molecule has 0 spiro atoms. The first kappa shape index (κ1) is 47.3. The number of aromatic hydroxyl groups is 2. The normalized spacial score (nSPS) is 18.1. The molecular weight excluding hydrogens is 861 g/mol. The maximum absolute atomic E-state index is 14.1. The summed E-state index contributed by atoms with van der Waals surface area (Å²) in [4.78, 5) is 55.5. The highest BCUT2D eigenvalue weighted by Crippen LogP contribution is 2.34. The number of carbonyl (C=O) groups excluding carboxylic acids is 4. The molecule has 6 aromatic carbocycles. The van der Waals surface area contributed by atoms with E-state index in [1.165, 1.54) is 32.4 Å². The van der Waals surface area contributed by atoms with E-state index in [4.69, 9.17) is 37.9 Å². The third-order valence-corrected chi connectivity index (χ3v) is 11.1. The highest BCUT2D eigenvalue weighted by atomic mass is 16.7. The predicted molar refractivity (Wildman–Crippen MR) is 243 cm³/mol. The van der Waals surface area contributed by atoms with Crippen LogP contribution in [0.1, 0.15) is 59.0 Å². The smallest absolute Gasteiger partial charge is 0.338 e. The minimum absolute atomic E-state index is 0.00728. The molecule has 0 aliphatic carbocycles. The number of rotatable bonds is 19. The van der Waals surface area contributed by atoms with Crippen LogP contribution in [-0.4, -0.2) is 92.2 Å². The summed E-state index contributed by atoms with van der Waals surface area (Å²) >= 11 is 0. The fraction of sp³-hybridized carbons (Fsp3) is 0.245. The Labute approximate surface area is 387 Å². The lowest BCUT2D eigenvalue weighted by Gasteiger charge is -2.44. The van der Waals surface area contributed by atoms with Gasteiger partial charge in [-0.25, -0.2) is 19.2 Å². The van der Waals surface area contributed by atoms with Gasteiger partial charge in [-0.1, -0.05) is 84.9 Å². The zero-order chi connectivity index (χ0) is 47.1. The van der Waals surface area contributed by atoms with Gasteiger partial charge in [-0.05, 0) is 109 Å². The monoisotopic (exact) mass is 910 g/mol. The molecule has 1 aliphatic heterocycles. The SMILES string of the molecule is COc1cc(CC[C@@H](CO[C@@H]2O[C@H](COC(=O)c3ccccc3)[C@@H](OC(=O)c3ccccc3)[C@H](OC(=O)c3ccccc3)[C@H]2OC(=O)c2ccccc2)Cc2ccc(O)c(OC)c2)ccc1O. The molecule has 0 amide bonds. The second-order valence-electron chi connectivity index (χ2n) is 15.7. The van der Waals surface area contributed by atoms with Crippen LogP contribution < -0.4 is 9.47 Å². The van der Waals surface area contributed by atoms with Gasteiger partial charge in [0, 0.05) is 0 Å². The van der Waals surface area contributed by atoms with E-state index in [1.807, 2.05) is 0 Å². The van der Waals surface area contributed by atoms with Crippen molar-refractivity contribution in [2.75, 3.05) is 27.4 Å². The van der Waals surface area contributed by atoms with Crippen LogP contribution in [0.2, 0.25) is 0 Å². The summed E-state index contributed by atoms with van der Waals surface area (Å²) in [5.74, 6) is -2.95. The zero-order valence-electron chi connectivity index (χ0n) is 36.8. The van der Waals surface area contributed by atoms with Crippen molar-refractivity contribution < 1.29 is 67.3 Å². The van der Waals surface area contributed by atoms with E-state index >= 15 is 0 Å². The number of methoxy groups -OCH3 is 2. The van der Waals surface area contributed by atoms with Gasteiger partial charge in [0.05, 0.1) is 43.1 Å². The van der Waals surface area contributed by atoms with E-state index in [1.54, 1.807) is 140 Å². The number of phenols is 2. The van der Waals surface area contributed by atoms with Crippen molar-refractivity contribution in [3.8, 4) is 23.0 Å². The molecule has 7 rings (SSSR count). The van der Waals surface area contributed by atoms with E-state index in [-0.39, 0.29) is 52.0 Å². The van der Waals surface area contributed by atoms with Gasteiger partial charge < -0.3 is 48.1 Å². The Morgan fingerprint density at radius 2 is 0.970 bits per heavy atom. The summed E-state index contributed by atoms with van der Waals surface area (Å²) in [6.07, 6.45) is -6.18. The van der Waals surface area contributed by atoms with Crippen LogP contribution in [0, 0.1) is 5.92 Å². The van der Waals surface area contributed by atoms with Crippen LogP contribution in [0.5, 0.6) is 23.0 Å². The molecule has 0 unspecified atom stereocenters. The molecule has 67 heavy (non-hydrogen) atoms. The number of esters is 4. The lowest BCUT2D eigenvalue weighted by Crippen LogP contribution is -2.63. The van der Waals surface area contributed by atoms with Gasteiger partial charge in [-0.15, -0.1) is 0 Å². The first-order valence-corrected chi connectivity index (χ1v) is 21.6. The van der Waals surface area contributed by atoms with Crippen molar-refractivity contribution in [1.82, 2.24) is 0 Å². The van der Waals surface area contributed by atoms with Crippen molar-refractivity contribution in [3.05, 3.63) is 191 Å². The van der Waals surface area contributed by atoms with Gasteiger partial charge in [-0.2, -0.15) is 0 Å². The third kappa shape index (κ3) is 12.6.